The molecular weight excluding hydrogens is 321 g/mol. The van der Waals surface area contributed by atoms with E-state index in [4.69, 9.17) is 0 Å². The molecule has 2 atom stereocenters. The second kappa shape index (κ2) is 7.94. The van der Waals surface area contributed by atoms with Crippen molar-refractivity contribution < 1.29 is 18.0 Å². The van der Waals surface area contributed by atoms with Gasteiger partial charge in [-0.1, -0.05) is 6.07 Å². The van der Waals surface area contributed by atoms with Gasteiger partial charge in [-0.15, -0.1) is 0 Å². The van der Waals surface area contributed by atoms with Crippen LogP contribution in [0.5, 0.6) is 0 Å². The van der Waals surface area contributed by atoms with E-state index in [-0.39, 0.29) is 6.04 Å². The van der Waals surface area contributed by atoms with E-state index in [0.717, 1.165) is 18.7 Å². The smallest absolute Gasteiger partial charge is 0.346 e. The molecule has 2 rings (SSSR count). The lowest BCUT2D eigenvalue weighted by molar-refractivity contribution is -0.141. The van der Waals surface area contributed by atoms with Gasteiger partial charge in [-0.3, -0.25) is 19.6 Å². The molecule has 5 nitrogen and oxygen atoms in total. The van der Waals surface area contributed by atoms with Gasteiger partial charge in [0.1, 0.15) is 6.54 Å². The minimum Gasteiger partial charge on any atom is -0.346 e. The molecule has 1 N–H and O–H groups in total. The van der Waals surface area contributed by atoms with Crippen molar-refractivity contribution in [2.24, 2.45) is 0 Å². The highest BCUT2D eigenvalue weighted by atomic mass is 19.4. The summed E-state index contributed by atoms with van der Waals surface area (Å²) in [5.41, 5.74) is 1.13. The number of hydrogen-bond donors (Lipinski definition) is 1. The summed E-state index contributed by atoms with van der Waals surface area (Å²) in [7, 11) is 0. The number of nitrogens with zero attached hydrogens (tertiary/aromatic N) is 3. The molecular formula is C16H23F3N4O. The van der Waals surface area contributed by atoms with Crippen LogP contribution in [0.4, 0.5) is 13.2 Å². The van der Waals surface area contributed by atoms with Crippen LogP contribution in [0.25, 0.3) is 0 Å². The summed E-state index contributed by atoms with van der Waals surface area (Å²) in [5.74, 6) is -0.582. The summed E-state index contributed by atoms with van der Waals surface area (Å²) in [6, 6.07) is 3.57. The first kappa shape index (κ1) is 18.7. The molecule has 1 aromatic heterocycles. The maximum atomic E-state index is 12.2. The van der Waals surface area contributed by atoms with E-state index >= 15 is 0 Å². The van der Waals surface area contributed by atoms with Crippen molar-refractivity contribution in [2.75, 3.05) is 32.7 Å². The van der Waals surface area contributed by atoms with Gasteiger partial charge in [-0.25, -0.2) is 0 Å². The number of nitrogens with one attached hydrogen (secondary N) is 1. The highest BCUT2D eigenvalue weighted by Gasteiger charge is 2.31. The number of rotatable bonds is 5. The van der Waals surface area contributed by atoms with Crippen LogP contribution in [0.1, 0.15) is 25.5 Å². The van der Waals surface area contributed by atoms with Crippen molar-refractivity contribution >= 4 is 5.91 Å². The molecule has 1 aromatic rings. The Labute approximate surface area is 139 Å². The molecule has 1 aliphatic heterocycles. The maximum absolute atomic E-state index is 12.2. The Morgan fingerprint density at radius 2 is 1.88 bits per heavy atom. The zero-order valence-corrected chi connectivity index (χ0v) is 13.9. The molecule has 2 unspecified atom stereocenters. The zero-order chi connectivity index (χ0) is 17.7. The van der Waals surface area contributed by atoms with E-state index in [1.165, 1.54) is 0 Å². The van der Waals surface area contributed by atoms with Crippen LogP contribution in [-0.4, -0.2) is 65.6 Å². The first-order chi connectivity index (χ1) is 11.3. The van der Waals surface area contributed by atoms with Gasteiger partial charge >= 0.3 is 6.18 Å². The topological polar surface area (TPSA) is 48.5 Å². The van der Waals surface area contributed by atoms with Gasteiger partial charge in [-0.05, 0) is 25.5 Å². The van der Waals surface area contributed by atoms with E-state index in [0.29, 0.717) is 13.1 Å². The predicted octanol–water partition coefficient (Wildman–Crippen LogP) is 1.83. The van der Waals surface area contributed by atoms with Crippen LogP contribution in [0.3, 0.4) is 0 Å². The largest absolute Gasteiger partial charge is 0.405 e. The SMILES string of the molecule is CC(C(=O)NCC(F)(F)F)N1CCN(C(C)c2cccnc2)CC1. The lowest BCUT2D eigenvalue weighted by Gasteiger charge is -2.40. The van der Waals surface area contributed by atoms with Gasteiger partial charge in [0.2, 0.25) is 5.91 Å². The number of amides is 1. The number of alkyl halides is 3. The van der Waals surface area contributed by atoms with Crippen LogP contribution in [0, 0.1) is 0 Å². The van der Waals surface area contributed by atoms with Gasteiger partial charge in [0.25, 0.3) is 0 Å². The number of piperazine rings is 1. The summed E-state index contributed by atoms with van der Waals surface area (Å²) in [4.78, 5) is 20.2. The average molecular weight is 344 g/mol. The number of carbonyl (C=O) groups is 1. The Balaban J connectivity index is 1.82. The fourth-order valence-electron chi connectivity index (χ4n) is 2.85. The second-order valence-corrected chi connectivity index (χ2v) is 6.04. The van der Waals surface area contributed by atoms with Crippen LogP contribution in [-0.2, 0) is 4.79 Å². The molecule has 1 fully saturated rings. The Morgan fingerprint density at radius 1 is 1.25 bits per heavy atom. The van der Waals surface area contributed by atoms with Crippen molar-refractivity contribution in [2.45, 2.75) is 32.1 Å². The summed E-state index contributed by atoms with van der Waals surface area (Å²) < 4.78 is 36.5. The van der Waals surface area contributed by atoms with E-state index < -0.39 is 24.7 Å². The van der Waals surface area contributed by atoms with Crippen molar-refractivity contribution in [1.82, 2.24) is 20.1 Å². The molecule has 8 heteroatoms. The molecule has 0 aliphatic carbocycles. The Hall–Kier alpha value is -1.67. The third-order valence-electron chi connectivity index (χ3n) is 4.45. The summed E-state index contributed by atoms with van der Waals surface area (Å²) in [6.45, 7) is 5.27. The molecule has 0 saturated carbocycles. The standard InChI is InChI=1S/C16H23F3N4O/c1-12(14-4-3-5-20-10-14)22-6-8-23(9-7-22)13(2)15(24)21-11-16(17,18)19/h3-5,10,12-13H,6-9,11H2,1-2H3,(H,21,24). The monoisotopic (exact) mass is 344 g/mol. The molecule has 2 heterocycles. The number of aromatic nitrogens is 1. The van der Waals surface area contributed by atoms with Crippen LogP contribution in [0.15, 0.2) is 24.5 Å². The number of carbonyl (C=O) groups excluding carboxylic acids is 1. The lowest BCUT2D eigenvalue weighted by atomic mass is 10.1. The lowest BCUT2D eigenvalue weighted by Crippen LogP contribution is -2.54. The first-order valence-corrected chi connectivity index (χ1v) is 8.00. The molecule has 24 heavy (non-hydrogen) atoms. The van der Waals surface area contributed by atoms with Crippen molar-refractivity contribution in [3.05, 3.63) is 30.1 Å². The minimum atomic E-state index is -4.38. The van der Waals surface area contributed by atoms with Crippen molar-refractivity contribution in [1.29, 1.82) is 0 Å². The van der Waals surface area contributed by atoms with Crippen molar-refractivity contribution in [3.63, 3.8) is 0 Å². The summed E-state index contributed by atoms with van der Waals surface area (Å²) in [6.07, 6.45) is -0.813. The first-order valence-electron chi connectivity index (χ1n) is 8.00. The molecule has 1 saturated heterocycles. The Bertz CT molecular complexity index is 530. The highest BCUT2D eigenvalue weighted by molar-refractivity contribution is 5.81. The highest BCUT2D eigenvalue weighted by Crippen LogP contribution is 2.21. The van der Waals surface area contributed by atoms with E-state index in [2.05, 4.69) is 16.8 Å². The second-order valence-electron chi connectivity index (χ2n) is 6.04. The number of hydrogen-bond acceptors (Lipinski definition) is 4. The zero-order valence-electron chi connectivity index (χ0n) is 13.9. The molecule has 0 spiro atoms. The van der Waals surface area contributed by atoms with E-state index in [1.807, 2.05) is 28.5 Å². The fraction of sp³-hybridized carbons (Fsp3) is 0.625. The Kier molecular flexibility index (Phi) is 6.17. The molecule has 1 amide bonds. The third-order valence-corrected chi connectivity index (χ3v) is 4.45. The molecule has 0 aromatic carbocycles. The van der Waals surface area contributed by atoms with Gasteiger partial charge in [-0.2, -0.15) is 13.2 Å². The fourth-order valence-corrected chi connectivity index (χ4v) is 2.85. The van der Waals surface area contributed by atoms with Crippen molar-refractivity contribution in [3.8, 4) is 0 Å². The molecule has 0 bridgehead atoms. The van der Waals surface area contributed by atoms with E-state index in [1.54, 1.807) is 13.1 Å². The van der Waals surface area contributed by atoms with Crippen LogP contribution < -0.4 is 5.32 Å². The summed E-state index contributed by atoms with van der Waals surface area (Å²) >= 11 is 0. The van der Waals surface area contributed by atoms with Gasteiger partial charge < -0.3 is 5.32 Å². The normalized spacial score (nSPS) is 19.7. The van der Waals surface area contributed by atoms with Gasteiger partial charge in [0.15, 0.2) is 0 Å². The molecule has 134 valence electrons. The van der Waals surface area contributed by atoms with Gasteiger partial charge in [0.05, 0.1) is 6.04 Å². The van der Waals surface area contributed by atoms with Crippen LogP contribution in [0.2, 0.25) is 0 Å². The number of pyridine rings is 1. The average Bonchev–Trinajstić information content (AvgIpc) is 2.58. The summed E-state index contributed by atoms with van der Waals surface area (Å²) in [5, 5.41) is 1.95. The predicted molar refractivity (Wildman–Crippen MR) is 84.3 cm³/mol. The molecule has 1 aliphatic rings. The molecule has 0 radical (unpaired) electrons. The number of halogens is 3. The minimum absolute atomic E-state index is 0.218. The van der Waals surface area contributed by atoms with E-state index in [9.17, 15) is 18.0 Å². The Morgan fingerprint density at radius 3 is 2.42 bits per heavy atom. The van der Waals surface area contributed by atoms with Crippen LogP contribution >= 0.6 is 0 Å². The van der Waals surface area contributed by atoms with Gasteiger partial charge in [0, 0.05) is 44.6 Å². The quantitative estimate of drug-likeness (QED) is 0.885. The third kappa shape index (κ3) is 5.17. The maximum Gasteiger partial charge on any atom is 0.405 e.